The number of hydrogen-bond donors (Lipinski definition) is 0. The van der Waals surface area contributed by atoms with Gasteiger partial charge in [-0.3, -0.25) is 0 Å². The highest BCUT2D eigenvalue weighted by molar-refractivity contribution is 9.11. The van der Waals surface area contributed by atoms with Crippen molar-refractivity contribution < 1.29 is 4.74 Å². The Morgan fingerprint density at radius 3 is 2.10 bits per heavy atom. The first-order valence-corrected chi connectivity index (χ1v) is 10.3. The zero-order valence-corrected chi connectivity index (χ0v) is 17.2. The van der Waals surface area contributed by atoms with Crippen molar-refractivity contribution in [2.24, 2.45) is 5.41 Å². The van der Waals surface area contributed by atoms with Crippen LogP contribution >= 0.6 is 59.4 Å². The van der Waals surface area contributed by atoms with E-state index in [-0.39, 0.29) is 16.9 Å². The molecule has 0 heterocycles. The predicted molar refractivity (Wildman–Crippen MR) is 98.4 cm³/mol. The molecule has 0 saturated heterocycles. The van der Waals surface area contributed by atoms with Crippen molar-refractivity contribution in [1.82, 2.24) is 0 Å². The molecule has 0 amide bonds. The van der Waals surface area contributed by atoms with Crippen LogP contribution in [0.5, 0.6) is 5.75 Å². The minimum Gasteiger partial charge on any atom is -0.487 e. The lowest BCUT2D eigenvalue weighted by molar-refractivity contribution is -0.0520. The molecule has 2 fully saturated rings. The quantitative estimate of drug-likeness (QED) is 0.394. The maximum atomic E-state index is 6.61. The highest BCUT2D eigenvalue weighted by atomic mass is 79.9. The standard InChI is InChI=1S/C16H18Br3ClO/c17-10-7-11(18)15(12(19)8-10)21-14-9-13(20)16(14)5-3-1-2-4-6-16/h7-8,13-14H,1-6,9H2. The average Bonchev–Trinajstić information content (AvgIpc) is 2.69. The summed E-state index contributed by atoms with van der Waals surface area (Å²) < 4.78 is 9.37. The van der Waals surface area contributed by atoms with Gasteiger partial charge in [-0.15, -0.1) is 11.6 Å². The van der Waals surface area contributed by atoms with Gasteiger partial charge in [-0.2, -0.15) is 0 Å². The number of hydrogen-bond acceptors (Lipinski definition) is 1. The van der Waals surface area contributed by atoms with Gasteiger partial charge in [0.05, 0.1) is 8.95 Å². The lowest BCUT2D eigenvalue weighted by Gasteiger charge is -2.53. The summed E-state index contributed by atoms with van der Waals surface area (Å²) in [7, 11) is 0. The molecule has 0 aromatic heterocycles. The fraction of sp³-hybridized carbons (Fsp3) is 0.625. The molecule has 2 saturated carbocycles. The third kappa shape index (κ3) is 3.20. The van der Waals surface area contributed by atoms with Crippen LogP contribution in [0.4, 0.5) is 0 Å². The van der Waals surface area contributed by atoms with Crippen LogP contribution in [0.1, 0.15) is 44.9 Å². The normalized spacial score (nSPS) is 28.0. The molecule has 2 atom stereocenters. The van der Waals surface area contributed by atoms with Crippen LogP contribution in [-0.2, 0) is 0 Å². The highest BCUT2D eigenvalue weighted by Gasteiger charge is 2.55. The van der Waals surface area contributed by atoms with E-state index in [0.717, 1.165) is 25.6 Å². The number of rotatable bonds is 2. The van der Waals surface area contributed by atoms with Gasteiger partial charge < -0.3 is 4.74 Å². The fourth-order valence-corrected chi connectivity index (χ4v) is 6.64. The molecule has 1 aromatic rings. The van der Waals surface area contributed by atoms with Crippen molar-refractivity contribution >= 4 is 59.4 Å². The Bertz CT molecular complexity index is 503. The van der Waals surface area contributed by atoms with Crippen LogP contribution < -0.4 is 4.74 Å². The molecular weight excluding hydrogens is 483 g/mol. The van der Waals surface area contributed by atoms with Crippen LogP contribution in [0.25, 0.3) is 0 Å². The van der Waals surface area contributed by atoms with Crippen molar-refractivity contribution in [3.8, 4) is 5.75 Å². The molecule has 1 nitrogen and oxygen atoms in total. The fourth-order valence-electron chi connectivity index (χ4n) is 3.67. The third-order valence-electron chi connectivity index (χ3n) is 4.94. The SMILES string of the molecule is ClC1CC(Oc2c(Br)cc(Br)cc2Br)C12CCCCCC2. The van der Waals surface area contributed by atoms with Gasteiger partial charge in [0.1, 0.15) is 11.9 Å². The largest absolute Gasteiger partial charge is 0.487 e. The Kier molecular flexibility index (Phi) is 5.30. The molecule has 0 bridgehead atoms. The van der Waals surface area contributed by atoms with E-state index < -0.39 is 0 Å². The molecule has 0 aliphatic heterocycles. The summed E-state index contributed by atoms with van der Waals surface area (Å²) in [4.78, 5) is 0. The van der Waals surface area contributed by atoms with E-state index in [1.54, 1.807) is 0 Å². The predicted octanol–water partition coefficient (Wildman–Crippen LogP) is 7.07. The molecule has 3 rings (SSSR count). The topological polar surface area (TPSA) is 9.23 Å². The highest BCUT2D eigenvalue weighted by Crippen LogP contribution is 2.55. The first-order chi connectivity index (χ1) is 10.0. The number of benzene rings is 1. The Hall–Kier alpha value is 0.750. The number of halogens is 4. The van der Waals surface area contributed by atoms with E-state index in [0.29, 0.717) is 0 Å². The molecule has 0 radical (unpaired) electrons. The van der Waals surface area contributed by atoms with Crippen LogP contribution in [0.3, 0.4) is 0 Å². The van der Waals surface area contributed by atoms with Gasteiger partial charge in [0.2, 0.25) is 0 Å². The second kappa shape index (κ2) is 6.70. The third-order valence-corrected chi connectivity index (χ3v) is 7.19. The van der Waals surface area contributed by atoms with Gasteiger partial charge >= 0.3 is 0 Å². The molecule has 5 heteroatoms. The molecule has 1 spiro atoms. The second-order valence-corrected chi connectivity index (χ2v) is 9.31. The summed E-state index contributed by atoms with van der Waals surface area (Å²) in [5.74, 6) is 0.899. The molecule has 2 aliphatic carbocycles. The van der Waals surface area contributed by atoms with E-state index in [4.69, 9.17) is 16.3 Å². The molecular formula is C16H18Br3ClO. The molecule has 116 valence electrons. The zero-order valence-electron chi connectivity index (χ0n) is 11.7. The molecule has 2 unspecified atom stereocenters. The monoisotopic (exact) mass is 498 g/mol. The molecule has 0 N–H and O–H groups in total. The Morgan fingerprint density at radius 1 is 1.00 bits per heavy atom. The van der Waals surface area contributed by atoms with E-state index in [2.05, 4.69) is 47.8 Å². The maximum absolute atomic E-state index is 6.61. The van der Waals surface area contributed by atoms with Gasteiger partial charge in [0.15, 0.2) is 0 Å². The van der Waals surface area contributed by atoms with Gasteiger partial charge in [0, 0.05) is 21.7 Å². The summed E-state index contributed by atoms with van der Waals surface area (Å²) in [6.45, 7) is 0. The first kappa shape index (κ1) is 16.6. The van der Waals surface area contributed by atoms with E-state index in [1.807, 2.05) is 12.1 Å². The summed E-state index contributed by atoms with van der Waals surface area (Å²) in [6, 6.07) is 4.05. The summed E-state index contributed by atoms with van der Waals surface area (Å²) in [5, 5.41) is 0.272. The summed E-state index contributed by atoms with van der Waals surface area (Å²) in [5.41, 5.74) is 0.185. The molecule has 1 aromatic carbocycles. The van der Waals surface area contributed by atoms with Gasteiger partial charge in [-0.1, -0.05) is 41.6 Å². The minimum absolute atomic E-state index is 0.185. The Balaban J connectivity index is 1.82. The van der Waals surface area contributed by atoms with Gasteiger partial charge in [-0.25, -0.2) is 0 Å². The zero-order chi connectivity index (χ0) is 15.0. The van der Waals surface area contributed by atoms with Crippen molar-refractivity contribution in [2.45, 2.75) is 56.4 Å². The average molecular weight is 501 g/mol. The Morgan fingerprint density at radius 2 is 1.57 bits per heavy atom. The summed E-state index contributed by atoms with van der Waals surface area (Å²) >= 11 is 17.3. The summed E-state index contributed by atoms with van der Waals surface area (Å²) in [6.07, 6.45) is 8.85. The van der Waals surface area contributed by atoms with E-state index >= 15 is 0 Å². The molecule has 2 aliphatic rings. The first-order valence-electron chi connectivity index (χ1n) is 7.48. The van der Waals surface area contributed by atoms with Gasteiger partial charge in [-0.05, 0) is 56.8 Å². The van der Waals surface area contributed by atoms with E-state index in [9.17, 15) is 0 Å². The number of ether oxygens (including phenoxy) is 1. The van der Waals surface area contributed by atoms with Crippen molar-refractivity contribution in [3.63, 3.8) is 0 Å². The van der Waals surface area contributed by atoms with Crippen molar-refractivity contribution in [1.29, 1.82) is 0 Å². The van der Waals surface area contributed by atoms with E-state index in [1.165, 1.54) is 38.5 Å². The Labute approximate surface area is 156 Å². The van der Waals surface area contributed by atoms with Crippen LogP contribution in [0.2, 0.25) is 0 Å². The van der Waals surface area contributed by atoms with Crippen LogP contribution in [0.15, 0.2) is 25.6 Å². The smallest absolute Gasteiger partial charge is 0.148 e. The lowest BCUT2D eigenvalue weighted by atomic mass is 9.61. The minimum atomic E-state index is 0.185. The van der Waals surface area contributed by atoms with Crippen molar-refractivity contribution in [3.05, 3.63) is 25.6 Å². The van der Waals surface area contributed by atoms with Gasteiger partial charge in [0.25, 0.3) is 0 Å². The van der Waals surface area contributed by atoms with Crippen LogP contribution in [0, 0.1) is 5.41 Å². The maximum Gasteiger partial charge on any atom is 0.148 e. The number of alkyl halides is 1. The lowest BCUT2D eigenvalue weighted by Crippen LogP contribution is -2.57. The van der Waals surface area contributed by atoms with Crippen LogP contribution in [-0.4, -0.2) is 11.5 Å². The van der Waals surface area contributed by atoms with Crippen molar-refractivity contribution in [2.75, 3.05) is 0 Å². The molecule has 21 heavy (non-hydrogen) atoms. The second-order valence-electron chi connectivity index (χ2n) is 6.16.